The van der Waals surface area contributed by atoms with Crippen LogP contribution < -0.4 is 10.2 Å². The maximum Gasteiger partial charge on any atom is 0.248 e. The summed E-state index contributed by atoms with van der Waals surface area (Å²) in [5.74, 6) is 1.06. The lowest BCUT2D eigenvalue weighted by Gasteiger charge is -2.40. The number of hydrogen-bond acceptors (Lipinski definition) is 6. The third kappa shape index (κ3) is 4.02. The minimum absolute atomic E-state index is 0.189. The van der Waals surface area contributed by atoms with E-state index in [0.29, 0.717) is 18.7 Å². The van der Waals surface area contributed by atoms with Crippen LogP contribution in [0, 0.1) is 18.3 Å². The molecule has 0 radical (unpaired) electrons. The Kier molecular flexibility index (Phi) is 5.34. The first-order valence-corrected chi connectivity index (χ1v) is 10.2. The molecule has 29 heavy (non-hydrogen) atoms. The molecule has 2 aromatic rings. The summed E-state index contributed by atoms with van der Waals surface area (Å²) >= 11 is 0. The number of benzene rings is 1. The maximum absolute atomic E-state index is 13.5. The third-order valence-corrected chi connectivity index (χ3v) is 5.94. The van der Waals surface area contributed by atoms with E-state index in [9.17, 15) is 4.79 Å². The molecule has 150 valence electrons. The number of anilines is 2. The van der Waals surface area contributed by atoms with E-state index in [1.54, 1.807) is 12.1 Å². The van der Waals surface area contributed by atoms with Crippen LogP contribution in [0.4, 0.5) is 11.5 Å². The van der Waals surface area contributed by atoms with Gasteiger partial charge in [-0.05, 0) is 56.2 Å². The molecule has 1 amide bonds. The van der Waals surface area contributed by atoms with E-state index in [-0.39, 0.29) is 5.91 Å². The molecular formula is C22H26N6O. The fourth-order valence-electron chi connectivity index (χ4n) is 4.28. The zero-order valence-corrected chi connectivity index (χ0v) is 16.8. The van der Waals surface area contributed by atoms with Crippen molar-refractivity contribution in [3.05, 3.63) is 47.7 Å². The molecule has 1 saturated heterocycles. The van der Waals surface area contributed by atoms with Crippen LogP contribution in [0.15, 0.2) is 36.4 Å². The van der Waals surface area contributed by atoms with Crippen LogP contribution in [0.3, 0.4) is 0 Å². The first-order valence-electron chi connectivity index (χ1n) is 10.2. The number of aryl methyl sites for hydroxylation is 1. The summed E-state index contributed by atoms with van der Waals surface area (Å²) in [4.78, 5) is 17.7. The van der Waals surface area contributed by atoms with Gasteiger partial charge in [0.15, 0.2) is 5.82 Å². The maximum atomic E-state index is 13.5. The molecule has 1 aliphatic heterocycles. The van der Waals surface area contributed by atoms with Crippen LogP contribution >= 0.6 is 0 Å². The molecule has 1 aliphatic carbocycles. The Bertz CT molecular complexity index is 888. The van der Waals surface area contributed by atoms with E-state index in [1.807, 2.05) is 36.1 Å². The summed E-state index contributed by atoms with van der Waals surface area (Å²) in [5, 5.41) is 20.9. The van der Waals surface area contributed by atoms with Crippen molar-refractivity contribution < 1.29 is 4.79 Å². The predicted molar refractivity (Wildman–Crippen MR) is 112 cm³/mol. The summed E-state index contributed by atoms with van der Waals surface area (Å²) in [6.07, 6.45) is 3.78. The van der Waals surface area contributed by atoms with Crippen molar-refractivity contribution in [3.8, 4) is 6.07 Å². The Labute approximate surface area is 171 Å². The van der Waals surface area contributed by atoms with Crippen LogP contribution in [-0.2, 0) is 4.79 Å². The smallest absolute Gasteiger partial charge is 0.248 e. The van der Waals surface area contributed by atoms with Gasteiger partial charge in [0, 0.05) is 31.9 Å². The van der Waals surface area contributed by atoms with Crippen molar-refractivity contribution in [1.82, 2.24) is 15.1 Å². The van der Waals surface area contributed by atoms with Crippen molar-refractivity contribution in [3.63, 3.8) is 0 Å². The summed E-state index contributed by atoms with van der Waals surface area (Å²) < 4.78 is 0. The number of aromatic nitrogens is 2. The number of nitriles is 1. The molecular weight excluding hydrogens is 364 g/mol. The highest BCUT2D eigenvalue weighted by Crippen LogP contribution is 2.35. The highest BCUT2D eigenvalue weighted by Gasteiger charge is 2.44. The summed E-state index contributed by atoms with van der Waals surface area (Å²) in [7, 11) is 0. The van der Waals surface area contributed by atoms with Gasteiger partial charge in [-0.1, -0.05) is 12.8 Å². The molecule has 2 aliphatic rings. The molecule has 1 N–H and O–H groups in total. The molecule has 7 heteroatoms. The fourth-order valence-corrected chi connectivity index (χ4v) is 4.28. The van der Waals surface area contributed by atoms with E-state index >= 15 is 0 Å². The monoisotopic (exact) mass is 390 g/mol. The summed E-state index contributed by atoms with van der Waals surface area (Å²) in [6.45, 7) is 4.82. The Morgan fingerprint density at radius 2 is 1.72 bits per heavy atom. The van der Waals surface area contributed by atoms with Gasteiger partial charge in [0.25, 0.3) is 0 Å². The van der Waals surface area contributed by atoms with E-state index in [0.717, 1.165) is 56.0 Å². The molecule has 2 heterocycles. The number of carbonyl (C=O) groups is 1. The standard InChI is InChI=1S/C22H26N6O/c1-17-4-9-20(26-25-17)27-12-14-28(15-13-27)21(29)22(10-2-3-11-22)24-19-7-5-18(16-23)6-8-19/h4-9,24H,2-3,10-15H2,1H3. The van der Waals surface area contributed by atoms with E-state index in [4.69, 9.17) is 5.26 Å². The first kappa shape index (κ1) is 19.2. The highest BCUT2D eigenvalue weighted by molar-refractivity contribution is 5.90. The van der Waals surface area contributed by atoms with Gasteiger partial charge in [-0.15, -0.1) is 5.10 Å². The quantitative estimate of drug-likeness (QED) is 0.864. The predicted octanol–water partition coefficient (Wildman–Crippen LogP) is 2.73. The Balaban J connectivity index is 1.43. The fraction of sp³-hybridized carbons (Fsp3) is 0.455. The second-order valence-corrected chi connectivity index (χ2v) is 7.92. The number of piperazine rings is 1. The normalized spacial score (nSPS) is 18.3. The summed E-state index contributed by atoms with van der Waals surface area (Å²) in [6, 6.07) is 13.4. The first-order chi connectivity index (χ1) is 14.1. The average Bonchev–Trinajstić information content (AvgIpc) is 3.24. The number of nitrogens with one attached hydrogen (secondary N) is 1. The van der Waals surface area contributed by atoms with E-state index < -0.39 is 5.54 Å². The second kappa shape index (κ2) is 8.08. The highest BCUT2D eigenvalue weighted by atomic mass is 16.2. The van der Waals surface area contributed by atoms with Gasteiger partial charge in [0.1, 0.15) is 5.54 Å². The molecule has 1 aromatic heterocycles. The number of hydrogen-bond donors (Lipinski definition) is 1. The van der Waals surface area contributed by atoms with Crippen LogP contribution in [-0.4, -0.2) is 52.7 Å². The number of nitrogens with zero attached hydrogens (tertiary/aromatic N) is 5. The van der Waals surface area contributed by atoms with Crippen LogP contribution in [0.1, 0.15) is 36.9 Å². The van der Waals surface area contributed by atoms with Gasteiger partial charge < -0.3 is 15.1 Å². The van der Waals surface area contributed by atoms with E-state index in [1.165, 1.54) is 0 Å². The number of carbonyl (C=O) groups excluding carboxylic acids is 1. The molecule has 4 rings (SSSR count). The minimum atomic E-state index is -0.542. The number of rotatable bonds is 4. The van der Waals surface area contributed by atoms with Crippen molar-refractivity contribution in [2.24, 2.45) is 0 Å². The molecule has 1 saturated carbocycles. The Hall–Kier alpha value is -3.14. The van der Waals surface area contributed by atoms with Gasteiger partial charge in [0.2, 0.25) is 5.91 Å². The third-order valence-electron chi connectivity index (χ3n) is 5.94. The van der Waals surface area contributed by atoms with Gasteiger partial charge >= 0.3 is 0 Å². The Morgan fingerprint density at radius 3 is 2.31 bits per heavy atom. The lowest BCUT2D eigenvalue weighted by atomic mass is 9.94. The average molecular weight is 390 g/mol. The lowest BCUT2D eigenvalue weighted by Crippen LogP contribution is -2.57. The second-order valence-electron chi connectivity index (χ2n) is 7.92. The SMILES string of the molecule is Cc1ccc(N2CCN(C(=O)C3(Nc4ccc(C#N)cc4)CCCC3)CC2)nn1. The van der Waals surface area contributed by atoms with Gasteiger partial charge in [0.05, 0.1) is 17.3 Å². The molecule has 2 fully saturated rings. The Morgan fingerprint density at radius 1 is 1.03 bits per heavy atom. The van der Waals surface area contributed by atoms with Crippen molar-refractivity contribution in [1.29, 1.82) is 5.26 Å². The molecule has 0 atom stereocenters. The zero-order chi connectivity index (χ0) is 20.3. The van der Waals surface area contributed by atoms with Crippen molar-refractivity contribution in [2.75, 3.05) is 36.4 Å². The van der Waals surface area contributed by atoms with Gasteiger partial charge in [-0.3, -0.25) is 4.79 Å². The van der Waals surface area contributed by atoms with Gasteiger partial charge in [-0.25, -0.2) is 0 Å². The van der Waals surface area contributed by atoms with Gasteiger partial charge in [-0.2, -0.15) is 10.4 Å². The van der Waals surface area contributed by atoms with Crippen molar-refractivity contribution in [2.45, 2.75) is 38.1 Å². The molecule has 0 spiro atoms. The van der Waals surface area contributed by atoms with Crippen LogP contribution in [0.2, 0.25) is 0 Å². The molecule has 0 bridgehead atoms. The number of amides is 1. The molecule has 7 nitrogen and oxygen atoms in total. The zero-order valence-electron chi connectivity index (χ0n) is 16.8. The minimum Gasteiger partial charge on any atom is -0.371 e. The van der Waals surface area contributed by atoms with Crippen LogP contribution in [0.5, 0.6) is 0 Å². The lowest BCUT2D eigenvalue weighted by molar-refractivity contribution is -0.136. The van der Waals surface area contributed by atoms with Crippen molar-refractivity contribution >= 4 is 17.4 Å². The summed E-state index contributed by atoms with van der Waals surface area (Å²) in [5.41, 5.74) is 1.88. The molecule has 0 unspecified atom stereocenters. The van der Waals surface area contributed by atoms with E-state index in [2.05, 4.69) is 26.5 Å². The van der Waals surface area contributed by atoms with Crippen LogP contribution in [0.25, 0.3) is 0 Å². The largest absolute Gasteiger partial charge is 0.371 e. The molecule has 1 aromatic carbocycles. The topological polar surface area (TPSA) is 85.1 Å².